The van der Waals surface area contributed by atoms with Crippen LogP contribution in [0.1, 0.15) is 31.2 Å². The van der Waals surface area contributed by atoms with Gasteiger partial charge in [0.1, 0.15) is 18.7 Å². The van der Waals surface area contributed by atoms with Crippen LogP contribution in [-0.2, 0) is 6.54 Å². The minimum absolute atomic E-state index is 0.194. The van der Waals surface area contributed by atoms with Crippen molar-refractivity contribution in [3.05, 3.63) is 46.8 Å². The van der Waals surface area contributed by atoms with Gasteiger partial charge in [-0.1, -0.05) is 0 Å². The number of aromatic nitrogens is 4. The van der Waals surface area contributed by atoms with E-state index in [1.807, 2.05) is 23.0 Å². The maximum Gasteiger partial charge on any atom is 0.227 e. The molecule has 0 spiro atoms. The first-order chi connectivity index (χ1) is 14.6. The van der Waals surface area contributed by atoms with Gasteiger partial charge in [0, 0.05) is 48.7 Å². The van der Waals surface area contributed by atoms with Crippen LogP contribution in [-0.4, -0.2) is 53.1 Å². The lowest BCUT2D eigenvalue weighted by atomic mass is 9.99. The standard InChI is InChI=1S/C21H28BrN6O2/c1-25(14-16-6-5-9-26(15-16)30-2)20-12-19(24-21-18(22)13-23-28(20)21)27-10-4-3-7-17(27)8-11-29/h5-6,9,12-13,15,17,29H,3-4,7-8,10-11,14H2,1-2H3/q+1/t17-/m1/s1. The number of nitrogens with zero attached hydrogens (tertiary/aromatic N) is 6. The lowest BCUT2D eigenvalue weighted by Gasteiger charge is -2.37. The molecule has 1 aliphatic heterocycles. The van der Waals surface area contributed by atoms with E-state index in [9.17, 15) is 5.11 Å². The molecule has 30 heavy (non-hydrogen) atoms. The third-order valence-electron chi connectivity index (χ3n) is 5.64. The molecule has 0 radical (unpaired) electrons. The molecule has 0 bridgehead atoms. The first kappa shape index (κ1) is 20.9. The summed E-state index contributed by atoms with van der Waals surface area (Å²) in [5.41, 5.74) is 1.92. The number of hydrogen-bond donors (Lipinski definition) is 1. The summed E-state index contributed by atoms with van der Waals surface area (Å²) in [5.74, 6) is 1.89. The van der Waals surface area contributed by atoms with Crippen molar-refractivity contribution < 1.29 is 14.7 Å². The van der Waals surface area contributed by atoms with Gasteiger partial charge in [0.25, 0.3) is 0 Å². The lowest BCUT2D eigenvalue weighted by molar-refractivity contribution is -0.885. The summed E-state index contributed by atoms with van der Waals surface area (Å²) in [6.45, 7) is 1.84. The van der Waals surface area contributed by atoms with Crippen LogP contribution in [0, 0.1) is 0 Å². The third-order valence-corrected chi connectivity index (χ3v) is 6.20. The summed E-state index contributed by atoms with van der Waals surface area (Å²) < 4.78 is 4.42. The van der Waals surface area contributed by atoms with Gasteiger partial charge in [-0.25, -0.2) is 4.98 Å². The number of anilines is 2. The third kappa shape index (κ3) is 4.22. The molecular formula is C21H28BrN6O2+. The molecule has 0 saturated carbocycles. The minimum atomic E-state index is 0.194. The zero-order chi connectivity index (χ0) is 21.1. The predicted octanol–water partition coefficient (Wildman–Crippen LogP) is 2.22. The number of piperidine rings is 1. The van der Waals surface area contributed by atoms with E-state index < -0.39 is 0 Å². The molecule has 8 nitrogen and oxygen atoms in total. The van der Waals surface area contributed by atoms with E-state index in [1.54, 1.807) is 18.0 Å². The van der Waals surface area contributed by atoms with Crippen LogP contribution in [0.15, 0.2) is 41.3 Å². The molecule has 0 unspecified atom stereocenters. The van der Waals surface area contributed by atoms with Crippen LogP contribution in [0.2, 0.25) is 0 Å². The second kappa shape index (κ2) is 9.18. The van der Waals surface area contributed by atoms with Crippen LogP contribution < -0.4 is 19.4 Å². The Morgan fingerprint density at radius 1 is 1.40 bits per heavy atom. The van der Waals surface area contributed by atoms with Crippen LogP contribution in [0.5, 0.6) is 0 Å². The maximum atomic E-state index is 9.53. The van der Waals surface area contributed by atoms with Crippen molar-refractivity contribution in [1.29, 1.82) is 0 Å². The van der Waals surface area contributed by atoms with Gasteiger partial charge in [-0.05, 0) is 47.7 Å². The van der Waals surface area contributed by atoms with Crippen molar-refractivity contribution in [2.75, 3.05) is 37.1 Å². The molecule has 0 amide bonds. The van der Waals surface area contributed by atoms with Crippen LogP contribution >= 0.6 is 15.9 Å². The highest BCUT2D eigenvalue weighted by molar-refractivity contribution is 9.10. The van der Waals surface area contributed by atoms with E-state index in [4.69, 9.17) is 9.82 Å². The SMILES string of the molecule is CO[n+]1cccc(CN(C)c2cc(N3CCCC[C@@H]3CCO)nc3c(Br)cnn23)c1. The number of aliphatic hydroxyl groups excluding tert-OH is 1. The lowest BCUT2D eigenvalue weighted by Crippen LogP contribution is -2.41. The molecule has 4 heterocycles. The molecule has 160 valence electrons. The number of fused-ring (bicyclic) bond motifs is 1. The summed E-state index contributed by atoms with van der Waals surface area (Å²) in [6.07, 6.45) is 9.80. The van der Waals surface area contributed by atoms with Gasteiger partial charge in [-0.15, -0.1) is 0 Å². The van der Waals surface area contributed by atoms with Crippen molar-refractivity contribution in [3.8, 4) is 0 Å². The Morgan fingerprint density at radius 3 is 3.07 bits per heavy atom. The summed E-state index contributed by atoms with van der Waals surface area (Å²) in [5, 5.41) is 14.1. The fourth-order valence-electron chi connectivity index (χ4n) is 4.14. The molecule has 0 aromatic carbocycles. The van der Waals surface area contributed by atoms with Crippen molar-refractivity contribution in [3.63, 3.8) is 0 Å². The fourth-order valence-corrected chi connectivity index (χ4v) is 4.49. The van der Waals surface area contributed by atoms with E-state index in [2.05, 4.69) is 50.0 Å². The molecule has 9 heteroatoms. The zero-order valence-electron chi connectivity index (χ0n) is 17.4. The summed E-state index contributed by atoms with van der Waals surface area (Å²) >= 11 is 3.60. The number of pyridine rings is 1. The van der Waals surface area contributed by atoms with Gasteiger partial charge in [0.05, 0.1) is 17.2 Å². The molecule has 1 aliphatic rings. The Labute approximate surface area is 184 Å². The molecule has 3 aromatic rings. The zero-order valence-corrected chi connectivity index (χ0v) is 19.0. The topological polar surface area (TPSA) is 70.0 Å². The monoisotopic (exact) mass is 475 g/mol. The van der Waals surface area contributed by atoms with Crippen molar-refractivity contribution in [2.24, 2.45) is 0 Å². The second-order valence-electron chi connectivity index (χ2n) is 7.67. The van der Waals surface area contributed by atoms with E-state index in [0.717, 1.165) is 53.1 Å². The van der Waals surface area contributed by atoms with Crippen LogP contribution in [0.3, 0.4) is 0 Å². The average Bonchev–Trinajstić information content (AvgIpc) is 3.14. The highest BCUT2D eigenvalue weighted by Gasteiger charge is 2.25. The number of aliphatic hydroxyl groups is 1. The molecule has 0 aliphatic carbocycles. The molecule has 1 fully saturated rings. The Bertz CT molecular complexity index is 1010. The normalized spacial score (nSPS) is 16.8. The highest BCUT2D eigenvalue weighted by atomic mass is 79.9. The number of hydrogen-bond acceptors (Lipinski definition) is 6. The van der Waals surface area contributed by atoms with E-state index in [1.165, 1.54) is 6.42 Å². The molecule has 4 rings (SSSR count). The Kier molecular flexibility index (Phi) is 6.38. The maximum absolute atomic E-state index is 9.53. The van der Waals surface area contributed by atoms with Crippen LogP contribution in [0.25, 0.3) is 5.65 Å². The van der Waals surface area contributed by atoms with Crippen molar-refractivity contribution >= 4 is 33.2 Å². The summed E-state index contributed by atoms with van der Waals surface area (Å²) in [7, 11) is 3.70. The van der Waals surface area contributed by atoms with Gasteiger partial charge < -0.3 is 14.9 Å². The van der Waals surface area contributed by atoms with Crippen molar-refractivity contribution in [1.82, 2.24) is 14.6 Å². The average molecular weight is 476 g/mol. The number of halogens is 1. The van der Waals surface area contributed by atoms with Gasteiger partial charge in [0.2, 0.25) is 12.4 Å². The Balaban J connectivity index is 1.71. The predicted molar refractivity (Wildman–Crippen MR) is 119 cm³/mol. The fraction of sp³-hybridized carbons (Fsp3) is 0.476. The summed E-state index contributed by atoms with van der Waals surface area (Å²) in [4.78, 5) is 14.7. The van der Waals surface area contributed by atoms with Gasteiger partial charge >= 0.3 is 0 Å². The van der Waals surface area contributed by atoms with Gasteiger partial charge in [-0.2, -0.15) is 9.61 Å². The molecule has 1 atom stereocenters. The molecular weight excluding hydrogens is 448 g/mol. The van der Waals surface area contributed by atoms with Gasteiger partial charge in [-0.3, -0.25) is 4.84 Å². The first-order valence-corrected chi connectivity index (χ1v) is 11.1. The molecule has 1 saturated heterocycles. The first-order valence-electron chi connectivity index (χ1n) is 10.3. The summed E-state index contributed by atoms with van der Waals surface area (Å²) in [6, 6.07) is 6.47. The molecule has 1 N–H and O–H groups in total. The molecule has 3 aromatic heterocycles. The smallest absolute Gasteiger partial charge is 0.227 e. The van der Waals surface area contributed by atoms with E-state index in [-0.39, 0.29) is 6.61 Å². The Morgan fingerprint density at radius 2 is 2.27 bits per heavy atom. The van der Waals surface area contributed by atoms with Gasteiger partial charge in [0.15, 0.2) is 5.65 Å². The van der Waals surface area contributed by atoms with E-state index in [0.29, 0.717) is 12.6 Å². The Hall–Kier alpha value is -2.39. The largest absolute Gasteiger partial charge is 0.396 e. The quantitative estimate of drug-likeness (QED) is 0.528. The number of rotatable bonds is 7. The van der Waals surface area contributed by atoms with Crippen LogP contribution in [0.4, 0.5) is 11.6 Å². The van der Waals surface area contributed by atoms with Crippen molar-refractivity contribution in [2.45, 2.75) is 38.3 Å². The highest BCUT2D eigenvalue weighted by Crippen LogP contribution is 2.31. The second-order valence-corrected chi connectivity index (χ2v) is 8.52. The minimum Gasteiger partial charge on any atom is -0.396 e. The van der Waals surface area contributed by atoms with E-state index >= 15 is 0 Å².